The first-order valence-corrected chi connectivity index (χ1v) is 13.7. The van der Waals surface area contributed by atoms with E-state index in [1.807, 2.05) is 20.0 Å². The highest BCUT2D eigenvalue weighted by molar-refractivity contribution is 5.82. The Kier molecular flexibility index (Phi) is 6.02. The number of aliphatic hydroxyl groups is 1. The van der Waals surface area contributed by atoms with Gasteiger partial charge in [-0.25, -0.2) is 0 Å². The summed E-state index contributed by atoms with van der Waals surface area (Å²) < 4.78 is 7.26. The van der Waals surface area contributed by atoms with Gasteiger partial charge in [0.25, 0.3) is 0 Å². The lowest BCUT2D eigenvalue weighted by molar-refractivity contribution is -0.151. The molecular formula is C29H44N2O3. The van der Waals surface area contributed by atoms with Gasteiger partial charge in [-0.1, -0.05) is 20.4 Å². The van der Waals surface area contributed by atoms with Gasteiger partial charge < -0.3 is 9.84 Å². The third kappa shape index (κ3) is 3.86. The number of rotatable bonds is 6. The predicted molar refractivity (Wildman–Crippen MR) is 134 cm³/mol. The third-order valence-corrected chi connectivity index (χ3v) is 10.9. The summed E-state index contributed by atoms with van der Waals surface area (Å²) in [5.74, 6) is 3.90. The van der Waals surface area contributed by atoms with Crippen molar-refractivity contribution in [2.45, 2.75) is 97.6 Å². The number of nitrogens with zero attached hydrogens (tertiary/aromatic N) is 2. The molecule has 0 amide bonds. The van der Waals surface area contributed by atoms with Gasteiger partial charge in [-0.15, -0.1) is 0 Å². The maximum Gasteiger partial charge on any atom is 0.157 e. The minimum absolute atomic E-state index is 0.118. The highest BCUT2D eigenvalue weighted by atomic mass is 16.5. The zero-order chi connectivity index (χ0) is 24.3. The SMILES string of the molecule is C=C(OCC)c1cnn(CC(=O)[C@H]2CC[C@H]3[C@@H]4CC[C@@H]5C[C@](C)(O)CC[C@]5(C)[C@H]4CC[C@]23C)c1. The van der Waals surface area contributed by atoms with Crippen LogP contribution in [0.5, 0.6) is 0 Å². The molecule has 1 aromatic rings. The standard InChI is InChI=1S/C29H44N2O3/c1-6-34-19(2)20-16-30-31(17-20)18-26(32)25-10-9-23-22-8-7-21-15-27(3,33)13-14-28(21,4)24(22)11-12-29(23,25)5/h16-17,21-25,33H,2,6-15,18H2,1,3-5H3/t21-,22+,23+,24+,25-,27-,28+,29+/m1/s1. The van der Waals surface area contributed by atoms with Crippen LogP contribution in [0.15, 0.2) is 19.0 Å². The number of hydrogen-bond acceptors (Lipinski definition) is 4. The molecule has 5 rings (SSSR count). The minimum atomic E-state index is -0.480. The summed E-state index contributed by atoms with van der Waals surface area (Å²) in [4.78, 5) is 13.6. The highest BCUT2D eigenvalue weighted by Crippen LogP contribution is 2.68. The van der Waals surface area contributed by atoms with Crippen LogP contribution in [0.1, 0.15) is 91.0 Å². The molecule has 0 radical (unpaired) electrons. The fourth-order valence-electron chi connectivity index (χ4n) is 9.08. The van der Waals surface area contributed by atoms with Gasteiger partial charge in [-0.3, -0.25) is 9.48 Å². The minimum Gasteiger partial charge on any atom is -0.494 e. The molecular weight excluding hydrogens is 424 g/mol. The molecule has 0 unspecified atom stereocenters. The van der Waals surface area contributed by atoms with Gasteiger partial charge in [0.05, 0.1) is 30.5 Å². The number of ether oxygens (including phenoxy) is 1. The van der Waals surface area contributed by atoms with Crippen molar-refractivity contribution in [3.63, 3.8) is 0 Å². The van der Waals surface area contributed by atoms with Crippen molar-refractivity contribution in [3.05, 3.63) is 24.5 Å². The maximum absolute atomic E-state index is 13.6. The molecule has 188 valence electrons. The lowest BCUT2D eigenvalue weighted by Crippen LogP contribution is -2.55. The Hall–Kier alpha value is -1.62. The van der Waals surface area contributed by atoms with E-state index >= 15 is 0 Å². The van der Waals surface area contributed by atoms with Gasteiger partial charge in [0.15, 0.2) is 5.78 Å². The zero-order valence-electron chi connectivity index (χ0n) is 21.7. The van der Waals surface area contributed by atoms with E-state index in [0.717, 1.165) is 43.1 Å². The van der Waals surface area contributed by atoms with Gasteiger partial charge >= 0.3 is 0 Å². The molecule has 0 aromatic carbocycles. The Balaban J connectivity index is 1.29. The Morgan fingerprint density at radius 1 is 1.12 bits per heavy atom. The van der Waals surface area contributed by atoms with Crippen LogP contribution in [-0.2, 0) is 16.1 Å². The van der Waals surface area contributed by atoms with Crippen molar-refractivity contribution in [3.8, 4) is 0 Å². The summed E-state index contributed by atoms with van der Waals surface area (Å²) in [7, 11) is 0. The number of fused-ring (bicyclic) bond motifs is 5. The average Bonchev–Trinajstić information content (AvgIpc) is 3.38. The largest absolute Gasteiger partial charge is 0.494 e. The summed E-state index contributed by atoms with van der Waals surface area (Å²) in [5.41, 5.74) is 0.851. The average molecular weight is 469 g/mol. The van der Waals surface area contributed by atoms with Crippen LogP contribution in [0.3, 0.4) is 0 Å². The van der Waals surface area contributed by atoms with E-state index in [0.29, 0.717) is 41.9 Å². The van der Waals surface area contributed by atoms with Crippen LogP contribution in [0.25, 0.3) is 5.76 Å². The molecule has 5 nitrogen and oxygen atoms in total. The Labute approximate surface area is 205 Å². The monoisotopic (exact) mass is 468 g/mol. The molecule has 4 aliphatic carbocycles. The van der Waals surface area contributed by atoms with Crippen LogP contribution < -0.4 is 0 Å². The fraction of sp³-hybridized carbons (Fsp3) is 0.793. The van der Waals surface area contributed by atoms with Gasteiger partial charge in [-0.2, -0.15) is 5.10 Å². The van der Waals surface area contributed by atoms with E-state index in [9.17, 15) is 9.90 Å². The molecule has 4 aliphatic rings. The Bertz CT molecular complexity index is 951. The summed E-state index contributed by atoms with van der Waals surface area (Å²) in [6, 6.07) is 0. The van der Waals surface area contributed by atoms with Gasteiger partial charge in [0.1, 0.15) is 5.76 Å². The van der Waals surface area contributed by atoms with Crippen molar-refractivity contribution < 1.29 is 14.6 Å². The molecule has 0 bridgehead atoms. The summed E-state index contributed by atoms with van der Waals surface area (Å²) in [6.45, 7) is 13.8. The maximum atomic E-state index is 13.6. The van der Waals surface area contributed by atoms with E-state index in [-0.39, 0.29) is 11.3 Å². The number of ketones is 1. The van der Waals surface area contributed by atoms with E-state index in [4.69, 9.17) is 4.74 Å². The van der Waals surface area contributed by atoms with Crippen molar-refractivity contribution >= 4 is 11.5 Å². The number of hydrogen-bond donors (Lipinski definition) is 1. The molecule has 34 heavy (non-hydrogen) atoms. The van der Waals surface area contributed by atoms with Crippen molar-refractivity contribution in [1.29, 1.82) is 0 Å². The Morgan fingerprint density at radius 2 is 1.88 bits per heavy atom. The van der Waals surface area contributed by atoms with Crippen molar-refractivity contribution in [2.75, 3.05) is 6.61 Å². The second-order valence-corrected chi connectivity index (χ2v) is 12.8. The zero-order valence-corrected chi connectivity index (χ0v) is 21.7. The molecule has 0 saturated heterocycles. The lowest BCUT2D eigenvalue weighted by atomic mass is 9.44. The van der Waals surface area contributed by atoms with Crippen LogP contribution in [-0.4, -0.2) is 32.9 Å². The first kappa shape index (κ1) is 24.1. The molecule has 1 heterocycles. The Morgan fingerprint density at radius 3 is 2.65 bits per heavy atom. The topological polar surface area (TPSA) is 64.4 Å². The first-order chi connectivity index (χ1) is 16.1. The van der Waals surface area contributed by atoms with E-state index < -0.39 is 5.60 Å². The van der Waals surface area contributed by atoms with Crippen LogP contribution in [0, 0.1) is 40.4 Å². The normalized spacial score (nSPS) is 43.5. The molecule has 1 N–H and O–H groups in total. The van der Waals surface area contributed by atoms with Gasteiger partial charge in [0.2, 0.25) is 0 Å². The molecule has 4 fully saturated rings. The first-order valence-electron chi connectivity index (χ1n) is 13.7. The molecule has 5 heteroatoms. The predicted octanol–water partition coefficient (Wildman–Crippen LogP) is 5.87. The number of carbonyl (C=O) groups is 1. The van der Waals surface area contributed by atoms with Crippen LogP contribution in [0.4, 0.5) is 0 Å². The third-order valence-electron chi connectivity index (χ3n) is 10.9. The summed E-state index contributed by atoms with van der Waals surface area (Å²) in [6.07, 6.45) is 13.9. The van der Waals surface area contributed by atoms with E-state index in [2.05, 4.69) is 25.5 Å². The molecule has 0 aliphatic heterocycles. The second-order valence-electron chi connectivity index (χ2n) is 12.8. The quantitative estimate of drug-likeness (QED) is 0.530. The van der Waals surface area contributed by atoms with E-state index in [1.54, 1.807) is 10.9 Å². The molecule has 8 atom stereocenters. The lowest BCUT2D eigenvalue weighted by Gasteiger charge is -2.61. The molecule has 0 spiro atoms. The second kappa shape index (κ2) is 8.50. The van der Waals surface area contributed by atoms with Crippen molar-refractivity contribution in [2.24, 2.45) is 40.4 Å². The fourth-order valence-corrected chi connectivity index (χ4v) is 9.08. The molecule has 4 saturated carbocycles. The number of carbonyl (C=O) groups excluding carboxylic acids is 1. The summed E-state index contributed by atoms with van der Waals surface area (Å²) >= 11 is 0. The smallest absolute Gasteiger partial charge is 0.157 e. The van der Waals surface area contributed by atoms with Gasteiger partial charge in [0, 0.05) is 12.1 Å². The highest BCUT2D eigenvalue weighted by Gasteiger charge is 2.61. The number of aromatic nitrogens is 2. The van der Waals surface area contributed by atoms with Crippen molar-refractivity contribution in [1.82, 2.24) is 9.78 Å². The summed E-state index contributed by atoms with van der Waals surface area (Å²) in [5, 5.41) is 15.2. The van der Waals surface area contributed by atoms with E-state index in [1.165, 1.54) is 32.1 Å². The van der Waals surface area contributed by atoms with Gasteiger partial charge in [-0.05, 0) is 106 Å². The number of Topliss-reactive ketones (excluding diaryl/α,β-unsaturated/α-hetero) is 1. The van der Waals surface area contributed by atoms with Crippen LogP contribution >= 0.6 is 0 Å². The van der Waals surface area contributed by atoms with Crippen LogP contribution in [0.2, 0.25) is 0 Å². The molecule has 1 aromatic heterocycles.